The molecular weight excluding hydrogens is 298 g/mol. The van der Waals surface area contributed by atoms with E-state index in [1.165, 1.54) is 11.3 Å². The smallest absolute Gasteiger partial charge is 0.241 e. The molecule has 1 amide bonds. The second kappa shape index (κ2) is 7.33. The largest absolute Gasteiger partial charge is 0.374 e. The maximum Gasteiger partial charge on any atom is 0.241 e. The number of hydrogen-bond acceptors (Lipinski definition) is 6. The molecule has 0 fully saturated rings. The van der Waals surface area contributed by atoms with E-state index in [1.807, 2.05) is 50.2 Å². The van der Waals surface area contributed by atoms with Crippen molar-refractivity contribution in [1.82, 2.24) is 20.4 Å². The lowest BCUT2D eigenvalue weighted by molar-refractivity contribution is -0.125. The fourth-order valence-corrected chi connectivity index (χ4v) is 2.89. The van der Waals surface area contributed by atoms with Gasteiger partial charge in [-0.3, -0.25) is 9.69 Å². The molecule has 6 nitrogen and oxygen atoms in total. The number of carbonyl (C=O) groups is 1. The van der Waals surface area contributed by atoms with Crippen LogP contribution < -0.4 is 11.1 Å². The summed E-state index contributed by atoms with van der Waals surface area (Å²) in [5, 5.41) is 11.9. The lowest BCUT2D eigenvalue weighted by atomic mass is 10.0. The van der Waals surface area contributed by atoms with Gasteiger partial charge in [-0.15, -0.1) is 10.2 Å². The predicted molar refractivity (Wildman–Crippen MR) is 88.6 cm³/mol. The van der Waals surface area contributed by atoms with Crippen LogP contribution in [0.25, 0.3) is 0 Å². The average Bonchev–Trinajstić information content (AvgIpc) is 2.84. The minimum absolute atomic E-state index is 0.0203. The van der Waals surface area contributed by atoms with Crippen LogP contribution in [0.4, 0.5) is 5.13 Å². The summed E-state index contributed by atoms with van der Waals surface area (Å²) in [6.45, 7) is 2.54. The number of hydrogen-bond donors (Lipinski definition) is 2. The molecule has 0 bridgehead atoms. The van der Waals surface area contributed by atoms with Gasteiger partial charge in [-0.05, 0) is 26.6 Å². The van der Waals surface area contributed by atoms with Crippen molar-refractivity contribution < 1.29 is 4.79 Å². The molecule has 1 atom stereocenters. The fourth-order valence-electron chi connectivity index (χ4n) is 2.28. The number of anilines is 1. The van der Waals surface area contributed by atoms with E-state index in [0.29, 0.717) is 18.1 Å². The van der Waals surface area contributed by atoms with Crippen molar-refractivity contribution in [3.05, 3.63) is 40.4 Å². The molecule has 0 saturated heterocycles. The highest BCUT2D eigenvalue weighted by atomic mass is 32.1. The van der Waals surface area contributed by atoms with Gasteiger partial charge in [-0.2, -0.15) is 0 Å². The van der Waals surface area contributed by atoms with Gasteiger partial charge in [0.2, 0.25) is 11.0 Å². The number of carbonyl (C=O) groups excluding carboxylic acids is 1. The summed E-state index contributed by atoms with van der Waals surface area (Å²) in [4.78, 5) is 14.4. The predicted octanol–water partition coefficient (Wildman–Crippen LogP) is 1.39. The minimum atomic E-state index is -0.306. The van der Waals surface area contributed by atoms with Gasteiger partial charge in [0.1, 0.15) is 11.0 Å². The molecule has 0 aliphatic rings. The Morgan fingerprint density at radius 3 is 2.77 bits per heavy atom. The van der Waals surface area contributed by atoms with Crippen LogP contribution in [0, 0.1) is 6.92 Å². The SMILES string of the molecule is Cc1cccc([C@@H](C(=O)NCCc2nnc(N)s2)N(C)C)c1. The number of amides is 1. The molecule has 22 heavy (non-hydrogen) atoms. The van der Waals surface area contributed by atoms with Gasteiger partial charge in [0.15, 0.2) is 0 Å². The molecule has 1 heterocycles. The summed E-state index contributed by atoms with van der Waals surface area (Å²) in [5.74, 6) is -0.0203. The molecule has 1 aromatic heterocycles. The van der Waals surface area contributed by atoms with Crippen LogP contribution in [0.3, 0.4) is 0 Å². The fraction of sp³-hybridized carbons (Fsp3) is 0.400. The van der Waals surface area contributed by atoms with Crippen molar-refractivity contribution in [2.75, 3.05) is 26.4 Å². The Balaban J connectivity index is 1.98. The molecule has 0 unspecified atom stereocenters. The van der Waals surface area contributed by atoms with Crippen molar-refractivity contribution in [1.29, 1.82) is 0 Å². The number of rotatable bonds is 6. The first kappa shape index (κ1) is 16.4. The first-order valence-electron chi connectivity index (χ1n) is 7.06. The second-order valence-corrected chi connectivity index (χ2v) is 6.45. The number of nitrogens with two attached hydrogens (primary N) is 1. The summed E-state index contributed by atoms with van der Waals surface area (Å²) < 4.78 is 0. The van der Waals surface area contributed by atoms with Gasteiger partial charge in [0.05, 0.1) is 0 Å². The highest BCUT2D eigenvalue weighted by molar-refractivity contribution is 7.15. The number of nitrogen functional groups attached to an aromatic ring is 1. The molecule has 0 spiro atoms. The number of likely N-dealkylation sites (N-methyl/N-ethyl adjacent to an activating group) is 1. The third kappa shape index (κ3) is 4.25. The molecule has 2 rings (SSSR count). The first-order valence-corrected chi connectivity index (χ1v) is 7.87. The Kier molecular flexibility index (Phi) is 5.46. The number of nitrogens with one attached hydrogen (secondary N) is 1. The summed E-state index contributed by atoms with van der Waals surface area (Å²) in [5.41, 5.74) is 7.67. The van der Waals surface area contributed by atoms with E-state index < -0.39 is 0 Å². The van der Waals surface area contributed by atoms with Gasteiger partial charge >= 0.3 is 0 Å². The molecule has 7 heteroatoms. The number of aryl methyl sites for hydroxylation is 1. The second-order valence-electron chi connectivity index (χ2n) is 5.36. The van der Waals surface area contributed by atoms with Crippen LogP contribution in [-0.2, 0) is 11.2 Å². The Morgan fingerprint density at radius 2 is 2.18 bits per heavy atom. The van der Waals surface area contributed by atoms with Gasteiger partial charge < -0.3 is 11.1 Å². The van der Waals surface area contributed by atoms with Crippen LogP contribution in [-0.4, -0.2) is 41.6 Å². The molecule has 0 saturated carbocycles. The molecule has 0 aliphatic carbocycles. The van der Waals surface area contributed by atoms with Gasteiger partial charge in [-0.25, -0.2) is 0 Å². The highest BCUT2D eigenvalue weighted by Crippen LogP contribution is 2.19. The van der Waals surface area contributed by atoms with Crippen molar-refractivity contribution in [2.24, 2.45) is 0 Å². The van der Waals surface area contributed by atoms with Gasteiger partial charge in [0, 0.05) is 13.0 Å². The van der Waals surface area contributed by atoms with Gasteiger partial charge in [-0.1, -0.05) is 41.2 Å². The van der Waals surface area contributed by atoms with Crippen LogP contribution in [0.15, 0.2) is 24.3 Å². The van der Waals surface area contributed by atoms with Crippen LogP contribution in [0.1, 0.15) is 22.2 Å². The zero-order valence-corrected chi connectivity index (χ0v) is 13.9. The summed E-state index contributed by atoms with van der Waals surface area (Å²) in [6.07, 6.45) is 0.634. The Labute approximate surface area is 134 Å². The van der Waals surface area contributed by atoms with Crippen molar-refractivity contribution >= 4 is 22.4 Å². The quantitative estimate of drug-likeness (QED) is 0.840. The Hall–Kier alpha value is -1.99. The molecular formula is C15H21N5OS. The lowest BCUT2D eigenvalue weighted by Crippen LogP contribution is -2.37. The van der Waals surface area contributed by atoms with E-state index in [-0.39, 0.29) is 11.9 Å². The van der Waals surface area contributed by atoms with E-state index in [4.69, 9.17) is 5.73 Å². The highest BCUT2D eigenvalue weighted by Gasteiger charge is 2.22. The molecule has 3 N–H and O–H groups in total. The van der Waals surface area contributed by atoms with E-state index in [0.717, 1.165) is 16.1 Å². The third-order valence-electron chi connectivity index (χ3n) is 3.24. The summed E-state index contributed by atoms with van der Waals surface area (Å²) >= 11 is 1.35. The molecule has 0 aliphatic heterocycles. The average molecular weight is 319 g/mol. The van der Waals surface area contributed by atoms with Crippen LogP contribution >= 0.6 is 11.3 Å². The molecule has 118 valence electrons. The normalized spacial score (nSPS) is 12.4. The summed E-state index contributed by atoms with van der Waals surface area (Å²) in [7, 11) is 3.80. The zero-order chi connectivity index (χ0) is 16.1. The Bertz CT molecular complexity index is 640. The van der Waals surface area contributed by atoms with Crippen molar-refractivity contribution in [3.63, 3.8) is 0 Å². The number of nitrogens with zero attached hydrogens (tertiary/aromatic N) is 3. The monoisotopic (exact) mass is 319 g/mol. The maximum atomic E-state index is 12.5. The zero-order valence-electron chi connectivity index (χ0n) is 13.0. The number of aromatic nitrogens is 2. The van der Waals surface area contributed by atoms with Crippen LogP contribution in [0.5, 0.6) is 0 Å². The van der Waals surface area contributed by atoms with E-state index in [9.17, 15) is 4.79 Å². The van der Waals surface area contributed by atoms with Crippen LogP contribution in [0.2, 0.25) is 0 Å². The molecule has 2 aromatic rings. The number of benzene rings is 1. The topological polar surface area (TPSA) is 84.1 Å². The summed E-state index contributed by atoms with van der Waals surface area (Å²) in [6, 6.07) is 7.70. The van der Waals surface area contributed by atoms with Gasteiger partial charge in [0.25, 0.3) is 0 Å². The minimum Gasteiger partial charge on any atom is -0.374 e. The first-order chi connectivity index (χ1) is 10.5. The molecule has 1 aromatic carbocycles. The lowest BCUT2D eigenvalue weighted by Gasteiger charge is -2.24. The molecule has 0 radical (unpaired) electrons. The third-order valence-corrected chi connectivity index (χ3v) is 4.06. The van der Waals surface area contributed by atoms with E-state index in [2.05, 4.69) is 15.5 Å². The van der Waals surface area contributed by atoms with Crippen molar-refractivity contribution in [2.45, 2.75) is 19.4 Å². The standard InChI is InChI=1S/C15H21N5OS/c1-10-5-4-6-11(9-10)13(20(2)3)14(21)17-8-7-12-18-19-15(16)22-12/h4-6,9,13H,7-8H2,1-3H3,(H2,16,19)(H,17,21)/t13-/m0/s1. The van der Waals surface area contributed by atoms with E-state index in [1.54, 1.807) is 0 Å². The Morgan fingerprint density at radius 1 is 1.41 bits per heavy atom. The van der Waals surface area contributed by atoms with Crippen molar-refractivity contribution in [3.8, 4) is 0 Å². The van der Waals surface area contributed by atoms with E-state index >= 15 is 0 Å². The maximum absolute atomic E-state index is 12.5.